The van der Waals surface area contributed by atoms with Crippen molar-refractivity contribution in [1.82, 2.24) is 41.0 Å². The fourth-order valence-corrected chi connectivity index (χ4v) is 7.08. The van der Waals surface area contributed by atoms with Crippen LogP contribution in [0.4, 0.5) is 0 Å². The molecule has 3 heterocycles. The van der Waals surface area contributed by atoms with Crippen LogP contribution < -0.4 is 32.7 Å². The van der Waals surface area contributed by atoms with Gasteiger partial charge in [-0.15, -0.1) is 0 Å². The number of aromatic amines is 1. The largest absolute Gasteiger partial charge is 0.480 e. The Morgan fingerprint density at radius 3 is 2.35 bits per heavy atom. The molecule has 0 saturated carbocycles. The van der Waals surface area contributed by atoms with E-state index in [1.165, 1.54) is 16.1 Å². The summed E-state index contributed by atoms with van der Waals surface area (Å²) in [5.41, 5.74) is 12.3. The number of rotatable bonds is 18. The number of hydrogen-bond donors (Lipinski definition) is 9. The number of carboxylic acid groups (broad SMARTS) is 1. The minimum absolute atomic E-state index is 0.0136. The van der Waals surface area contributed by atoms with E-state index in [0.29, 0.717) is 25.0 Å². The number of carbonyl (C=O) groups excluding carboxylic acids is 5. The summed E-state index contributed by atoms with van der Waals surface area (Å²) in [6, 6.07) is 4.11. The van der Waals surface area contributed by atoms with Gasteiger partial charge in [0, 0.05) is 38.2 Å². The maximum atomic E-state index is 14.2. The first-order valence-corrected chi connectivity index (χ1v) is 18.3. The molecule has 2 aromatic rings. The number of aliphatic carboxylic acids is 1. The quantitative estimate of drug-likeness (QED) is 0.0513. The van der Waals surface area contributed by atoms with Crippen LogP contribution in [0.1, 0.15) is 69.5 Å². The summed E-state index contributed by atoms with van der Waals surface area (Å²) < 4.78 is 0. The second kappa shape index (κ2) is 19.5. The van der Waals surface area contributed by atoms with Crippen molar-refractivity contribution in [3.8, 4) is 0 Å². The van der Waals surface area contributed by atoms with E-state index in [0.717, 1.165) is 5.56 Å². The summed E-state index contributed by atoms with van der Waals surface area (Å²) in [6.07, 6.45) is 4.72. The lowest BCUT2D eigenvalue weighted by Gasteiger charge is -2.32. The molecule has 4 rings (SSSR count). The molecule has 18 nitrogen and oxygen atoms in total. The van der Waals surface area contributed by atoms with Crippen molar-refractivity contribution >= 4 is 41.5 Å². The van der Waals surface area contributed by atoms with Crippen molar-refractivity contribution in [2.24, 2.45) is 17.4 Å². The van der Waals surface area contributed by atoms with Crippen molar-refractivity contribution in [2.75, 3.05) is 26.2 Å². The SMILES string of the molecule is CC(C)C[C@H](NC(=O)[C@@H]1CCCN1C(=O)[C@H](CCCNC(=N)N)NC(=O)[C@H](Cc1c[nH]cn1)NC(=O)CN)C(=O)N1C[C@H](c2ccccc2)C[C@H]1C(=O)O. The van der Waals surface area contributed by atoms with Gasteiger partial charge in [0.15, 0.2) is 5.96 Å². The molecule has 18 heteroatoms. The predicted octanol–water partition coefficient (Wildman–Crippen LogP) is -0.865. The van der Waals surface area contributed by atoms with Crippen LogP contribution in [0.15, 0.2) is 42.9 Å². The number of aromatic nitrogens is 2. The van der Waals surface area contributed by atoms with Crippen molar-refractivity contribution in [3.05, 3.63) is 54.1 Å². The standard InChI is InChI=1S/C36H53N11O7/c1-21(2)14-27(34(52)47-19-23(15-29(47)35(53)54)22-8-4-3-5-9-22)45-32(50)28-11-7-13-46(28)33(51)25(10-6-12-41-36(38)39)44-31(49)26(43-30(48)17-37)16-24-18-40-20-42-24/h3-5,8-9,18,20-21,23,25-29H,6-7,10-17,19,37H2,1-2H3,(H,40,42)(H,43,48)(H,44,49)(H,45,50)(H,53,54)(H4,38,39,41)/t23-,25+,26+,27+,28+,29+/m1/s1. The molecule has 2 fully saturated rings. The maximum absolute atomic E-state index is 14.2. The number of carbonyl (C=O) groups is 6. The molecule has 54 heavy (non-hydrogen) atoms. The summed E-state index contributed by atoms with van der Waals surface area (Å²) in [7, 11) is 0. The van der Waals surface area contributed by atoms with E-state index < -0.39 is 65.7 Å². The normalized spacial score (nSPS) is 19.8. The summed E-state index contributed by atoms with van der Waals surface area (Å²) in [6.45, 7) is 4.06. The Labute approximate surface area is 314 Å². The summed E-state index contributed by atoms with van der Waals surface area (Å²) in [5, 5.41) is 28.4. The maximum Gasteiger partial charge on any atom is 0.326 e. The molecular formula is C36H53N11O7. The highest BCUT2D eigenvalue weighted by atomic mass is 16.4. The number of benzene rings is 1. The molecule has 2 aliphatic heterocycles. The Morgan fingerprint density at radius 1 is 1.00 bits per heavy atom. The van der Waals surface area contributed by atoms with Crippen LogP contribution in [0.3, 0.4) is 0 Å². The van der Waals surface area contributed by atoms with Gasteiger partial charge in [0.25, 0.3) is 0 Å². The highest BCUT2D eigenvalue weighted by Gasteiger charge is 2.44. The van der Waals surface area contributed by atoms with Crippen molar-refractivity contribution in [2.45, 2.75) is 94.9 Å². The molecule has 0 aliphatic carbocycles. The molecule has 0 bridgehead atoms. The first-order chi connectivity index (χ1) is 25.8. The lowest BCUT2D eigenvalue weighted by Crippen LogP contribution is -2.59. The van der Waals surface area contributed by atoms with E-state index >= 15 is 0 Å². The smallest absolute Gasteiger partial charge is 0.326 e. The highest BCUT2D eigenvalue weighted by Crippen LogP contribution is 2.33. The molecule has 1 aromatic carbocycles. The zero-order valence-corrected chi connectivity index (χ0v) is 30.8. The van der Waals surface area contributed by atoms with Crippen molar-refractivity contribution < 1.29 is 33.9 Å². The molecule has 6 atom stereocenters. The van der Waals surface area contributed by atoms with E-state index in [-0.39, 0.29) is 69.7 Å². The number of imidazole rings is 1. The first kappa shape index (κ1) is 41.2. The van der Waals surface area contributed by atoms with Gasteiger partial charge in [0.2, 0.25) is 29.5 Å². The summed E-state index contributed by atoms with van der Waals surface area (Å²) in [5.74, 6) is -4.42. The molecule has 11 N–H and O–H groups in total. The first-order valence-electron chi connectivity index (χ1n) is 18.3. The lowest BCUT2D eigenvalue weighted by atomic mass is 9.96. The Morgan fingerprint density at radius 2 is 1.72 bits per heavy atom. The third kappa shape index (κ3) is 11.2. The van der Waals surface area contributed by atoms with Gasteiger partial charge in [-0.1, -0.05) is 44.2 Å². The van der Waals surface area contributed by atoms with Crippen LogP contribution in [0.2, 0.25) is 0 Å². The summed E-state index contributed by atoms with van der Waals surface area (Å²) in [4.78, 5) is 90.2. The van der Waals surface area contributed by atoms with Crippen molar-refractivity contribution in [1.29, 1.82) is 5.41 Å². The zero-order valence-electron chi connectivity index (χ0n) is 30.8. The molecule has 0 spiro atoms. The number of likely N-dealkylation sites (tertiary alicyclic amines) is 2. The predicted molar refractivity (Wildman–Crippen MR) is 197 cm³/mol. The lowest BCUT2D eigenvalue weighted by molar-refractivity contribution is -0.150. The van der Waals surface area contributed by atoms with Gasteiger partial charge < -0.3 is 52.6 Å². The van der Waals surface area contributed by atoms with Crippen LogP contribution in [0.5, 0.6) is 0 Å². The molecule has 0 unspecified atom stereocenters. The number of carboxylic acids is 1. The van der Waals surface area contributed by atoms with Crippen LogP contribution in [-0.2, 0) is 35.2 Å². The second-order valence-electron chi connectivity index (χ2n) is 14.2. The van der Waals surface area contributed by atoms with E-state index in [2.05, 4.69) is 31.2 Å². The molecule has 2 saturated heterocycles. The molecule has 1 aromatic heterocycles. The van der Waals surface area contributed by atoms with Gasteiger partial charge >= 0.3 is 5.97 Å². The number of amides is 5. The van der Waals surface area contributed by atoms with Crippen LogP contribution >= 0.6 is 0 Å². The number of guanidine groups is 1. The molecular weight excluding hydrogens is 698 g/mol. The number of nitrogens with two attached hydrogens (primary N) is 2. The average molecular weight is 752 g/mol. The van der Waals surface area contributed by atoms with Crippen LogP contribution in [0.25, 0.3) is 0 Å². The zero-order chi connectivity index (χ0) is 39.4. The number of hydrogen-bond acceptors (Lipinski definition) is 9. The molecule has 5 amide bonds. The molecule has 2 aliphatic rings. The van der Waals surface area contributed by atoms with E-state index in [4.69, 9.17) is 16.9 Å². The van der Waals surface area contributed by atoms with Crippen molar-refractivity contribution in [3.63, 3.8) is 0 Å². The van der Waals surface area contributed by atoms with E-state index in [1.807, 2.05) is 44.2 Å². The molecule has 294 valence electrons. The fourth-order valence-electron chi connectivity index (χ4n) is 7.08. The topological polar surface area (TPSA) is 282 Å². The van der Waals surface area contributed by atoms with Crippen LogP contribution in [-0.4, -0.2) is 123 Å². The number of nitrogens with zero attached hydrogens (tertiary/aromatic N) is 3. The Balaban J connectivity index is 1.52. The third-order valence-electron chi connectivity index (χ3n) is 9.71. The Bertz CT molecular complexity index is 1620. The summed E-state index contributed by atoms with van der Waals surface area (Å²) >= 11 is 0. The van der Waals surface area contributed by atoms with Gasteiger partial charge in [-0.3, -0.25) is 29.4 Å². The number of H-pyrrole nitrogens is 1. The van der Waals surface area contributed by atoms with E-state index in [9.17, 15) is 33.9 Å². The van der Waals surface area contributed by atoms with Gasteiger partial charge in [-0.05, 0) is 50.0 Å². The van der Waals surface area contributed by atoms with Gasteiger partial charge in [0.05, 0.1) is 18.6 Å². The monoisotopic (exact) mass is 751 g/mol. The average Bonchev–Trinajstić information content (AvgIpc) is 3.93. The minimum atomic E-state index is -1.12. The molecule has 0 radical (unpaired) electrons. The fraction of sp³-hybridized carbons (Fsp3) is 0.556. The van der Waals surface area contributed by atoms with Gasteiger partial charge in [-0.25, -0.2) is 9.78 Å². The third-order valence-corrected chi connectivity index (χ3v) is 9.71. The van der Waals surface area contributed by atoms with Crippen LogP contribution in [0, 0.1) is 11.3 Å². The minimum Gasteiger partial charge on any atom is -0.480 e. The van der Waals surface area contributed by atoms with Gasteiger partial charge in [-0.2, -0.15) is 0 Å². The Hall–Kier alpha value is -5.52. The van der Waals surface area contributed by atoms with Gasteiger partial charge in [0.1, 0.15) is 30.2 Å². The highest BCUT2D eigenvalue weighted by molar-refractivity contribution is 5.96. The Kier molecular flexibility index (Phi) is 14.9. The number of nitrogens with one attached hydrogen (secondary N) is 6. The van der Waals surface area contributed by atoms with E-state index in [1.54, 1.807) is 6.20 Å². The second-order valence-corrected chi connectivity index (χ2v) is 14.2.